The molecular weight excluding hydrogens is 928 g/mol. The van der Waals surface area contributed by atoms with Gasteiger partial charge in [0.1, 0.15) is 46.7 Å². The largest absolute Gasteiger partial charge is 0.473 e. The molecule has 0 bridgehead atoms. The number of fused-ring (bicyclic) bond motifs is 2. The highest BCUT2D eigenvalue weighted by molar-refractivity contribution is 6.33. The van der Waals surface area contributed by atoms with Crippen molar-refractivity contribution in [1.82, 2.24) is 19.2 Å². The van der Waals surface area contributed by atoms with Crippen molar-refractivity contribution >= 4 is 96.6 Å². The zero-order chi connectivity index (χ0) is 49.8. The fourth-order valence-corrected chi connectivity index (χ4v) is 6.42. The Morgan fingerprint density at radius 1 is 0.536 bits per heavy atom. The first-order valence-electron chi connectivity index (χ1n) is 19.9. The molecule has 27 heteroatoms. The van der Waals surface area contributed by atoms with Gasteiger partial charge in [0, 0.05) is 35.1 Å². The highest BCUT2D eigenvalue weighted by atomic mass is 35.5. The molecule has 4 aromatic carbocycles. The van der Waals surface area contributed by atoms with Gasteiger partial charge < -0.3 is 52.8 Å². The SMILES string of the molecule is Nc1ccc(N)cc1.Nc1ccc(Nc2cc(Nc3c(OCCO)nn4ccccc34)c([N+](=O)[O-])cc2[N+](=O)[O-])cc1.O=[N+]([O-])c1cc([N+](=O)[O-])c(Nc2c(OCCO)nn3ccccc23)cc1Cl. The molecule has 4 aromatic heterocycles. The first-order valence-corrected chi connectivity index (χ1v) is 20.2. The van der Waals surface area contributed by atoms with Crippen molar-refractivity contribution in [3.63, 3.8) is 0 Å². The van der Waals surface area contributed by atoms with Gasteiger partial charge in [-0.25, -0.2) is 9.03 Å². The molecule has 0 radical (unpaired) electrons. The second-order valence-corrected chi connectivity index (χ2v) is 14.4. The lowest BCUT2D eigenvalue weighted by Crippen LogP contribution is -2.05. The monoisotopic (exact) mass is 966 g/mol. The van der Waals surface area contributed by atoms with Crippen molar-refractivity contribution in [3.05, 3.63) is 167 Å². The summed E-state index contributed by atoms with van der Waals surface area (Å²) in [5, 5.41) is 80.8. The fraction of sp³-hybridized carbons (Fsp3) is 0.0952. The third-order valence-electron chi connectivity index (χ3n) is 9.29. The smallest absolute Gasteiger partial charge is 0.299 e. The molecule has 0 saturated carbocycles. The van der Waals surface area contributed by atoms with Crippen molar-refractivity contribution in [1.29, 1.82) is 0 Å². The van der Waals surface area contributed by atoms with Gasteiger partial charge in [-0.15, -0.1) is 10.2 Å². The standard InChI is InChI=1S/C21H19N7O6.C15H12ClN5O6.C6H8N2/c22-13-4-6-14(7-5-13)23-15-11-16(19(28(32)33)12-18(15)27(30)31)24-20-17-3-1-2-8-26(17)25-21(20)34-10-9-29;16-9-7-10(13(21(25)26)8-12(9)20(23)24)17-14-11-3-1-2-4-19(11)18-15(14)27-6-5-22;7-5-1-2-6(8)4-3-5/h1-8,11-12,23-24,29H,9-10,22H2;1-4,7-8,17,22H,5-6H2;1-4H,7-8H2. The first-order chi connectivity index (χ1) is 33.1. The summed E-state index contributed by atoms with van der Waals surface area (Å²) >= 11 is 5.89. The highest BCUT2D eigenvalue weighted by Crippen LogP contribution is 2.42. The van der Waals surface area contributed by atoms with Gasteiger partial charge >= 0.3 is 0 Å². The van der Waals surface area contributed by atoms with E-state index in [2.05, 4.69) is 26.1 Å². The Kier molecular flexibility index (Phi) is 15.7. The molecule has 8 rings (SSSR count). The molecule has 4 heterocycles. The molecule has 0 spiro atoms. The van der Waals surface area contributed by atoms with Crippen molar-refractivity contribution in [2.45, 2.75) is 0 Å². The number of ether oxygens (including phenoxy) is 2. The van der Waals surface area contributed by atoms with E-state index in [1.807, 2.05) is 0 Å². The van der Waals surface area contributed by atoms with Crippen LogP contribution in [0, 0.1) is 40.5 Å². The maximum Gasteiger partial charge on any atom is 0.299 e. The topological polar surface area (TPSA) is 380 Å². The van der Waals surface area contributed by atoms with Crippen LogP contribution in [0.4, 0.5) is 73.9 Å². The highest BCUT2D eigenvalue weighted by Gasteiger charge is 2.28. The van der Waals surface area contributed by atoms with Crippen molar-refractivity contribution < 1.29 is 39.4 Å². The number of hydrogen-bond donors (Lipinski definition) is 8. The number of nitrogens with zero attached hydrogens (tertiary/aromatic N) is 8. The van der Waals surface area contributed by atoms with Gasteiger partial charge in [0.25, 0.3) is 34.5 Å². The molecule has 26 nitrogen and oxygen atoms in total. The summed E-state index contributed by atoms with van der Waals surface area (Å²) in [6.07, 6.45) is 3.30. The minimum Gasteiger partial charge on any atom is -0.473 e. The molecule has 69 heavy (non-hydrogen) atoms. The number of rotatable bonds is 16. The lowest BCUT2D eigenvalue weighted by atomic mass is 10.1. The predicted octanol–water partition coefficient (Wildman–Crippen LogP) is 7.36. The van der Waals surface area contributed by atoms with Gasteiger partial charge in [-0.3, -0.25) is 40.5 Å². The van der Waals surface area contributed by atoms with E-state index in [0.717, 1.165) is 29.6 Å². The first kappa shape index (κ1) is 48.9. The molecule has 0 aliphatic heterocycles. The average molecular weight is 967 g/mol. The lowest BCUT2D eigenvalue weighted by molar-refractivity contribution is -0.393. The van der Waals surface area contributed by atoms with Crippen molar-refractivity contribution in [3.8, 4) is 11.8 Å². The summed E-state index contributed by atoms with van der Waals surface area (Å²) < 4.78 is 13.9. The fourth-order valence-electron chi connectivity index (χ4n) is 6.18. The average Bonchev–Trinajstić information content (AvgIpc) is 3.85. The molecule has 0 amide bonds. The molecule has 0 unspecified atom stereocenters. The number of nitro groups is 4. The number of nitrogens with one attached hydrogen (secondary N) is 3. The van der Waals surface area contributed by atoms with Gasteiger partial charge in [-0.05, 0) is 84.9 Å². The van der Waals surface area contributed by atoms with E-state index in [4.69, 9.17) is 48.5 Å². The summed E-state index contributed by atoms with van der Waals surface area (Å²) in [6, 6.07) is 28.0. The molecule has 8 aromatic rings. The van der Waals surface area contributed by atoms with Crippen LogP contribution < -0.4 is 42.6 Å². The van der Waals surface area contributed by atoms with Crippen LogP contribution in [0.1, 0.15) is 0 Å². The van der Waals surface area contributed by atoms with E-state index >= 15 is 0 Å². The van der Waals surface area contributed by atoms with E-state index in [-0.39, 0.29) is 66.0 Å². The second kappa shape index (κ2) is 22.1. The summed E-state index contributed by atoms with van der Waals surface area (Å²) in [4.78, 5) is 42.8. The predicted molar refractivity (Wildman–Crippen MR) is 256 cm³/mol. The minimum absolute atomic E-state index is 0.0252. The van der Waals surface area contributed by atoms with Crippen LogP contribution in [-0.4, -0.2) is 75.6 Å². The normalized spacial score (nSPS) is 10.5. The molecule has 11 N–H and O–H groups in total. The Morgan fingerprint density at radius 3 is 1.32 bits per heavy atom. The molecular formula is C42H39ClN14O12. The van der Waals surface area contributed by atoms with Crippen LogP contribution in [0.2, 0.25) is 5.02 Å². The zero-order valence-corrected chi connectivity index (χ0v) is 36.3. The van der Waals surface area contributed by atoms with E-state index in [1.165, 1.54) is 15.1 Å². The van der Waals surface area contributed by atoms with Crippen molar-refractivity contribution in [2.24, 2.45) is 0 Å². The number of benzene rings is 4. The number of aliphatic hydroxyl groups is 2. The third-order valence-corrected chi connectivity index (χ3v) is 9.59. The number of pyridine rings is 2. The summed E-state index contributed by atoms with van der Waals surface area (Å²) in [6.45, 7) is -0.607. The van der Waals surface area contributed by atoms with Crippen LogP contribution in [0.15, 0.2) is 122 Å². The van der Waals surface area contributed by atoms with Gasteiger partial charge in [0.05, 0.1) is 56.1 Å². The number of anilines is 9. The number of nitrogens with two attached hydrogens (primary N) is 3. The summed E-state index contributed by atoms with van der Waals surface area (Å²) in [5.41, 5.74) is 18.4. The minimum atomic E-state index is -0.801. The van der Waals surface area contributed by atoms with Crippen LogP contribution >= 0.6 is 11.6 Å². The Hall–Kier alpha value is -9.53. The van der Waals surface area contributed by atoms with E-state index in [1.54, 1.807) is 97.3 Å². The maximum absolute atomic E-state index is 11.8. The van der Waals surface area contributed by atoms with Crippen LogP contribution in [0.25, 0.3) is 11.0 Å². The van der Waals surface area contributed by atoms with Gasteiger partial charge in [-0.2, -0.15) is 0 Å². The number of aromatic nitrogens is 4. The number of nitrogen functional groups attached to an aromatic ring is 3. The van der Waals surface area contributed by atoms with E-state index in [0.29, 0.717) is 28.1 Å². The van der Waals surface area contributed by atoms with Gasteiger partial charge in [-0.1, -0.05) is 23.7 Å². The number of aliphatic hydroxyl groups excluding tert-OH is 2. The number of nitro benzene ring substituents is 4. The molecule has 0 atom stereocenters. The Labute approximate surface area is 392 Å². The van der Waals surface area contributed by atoms with Crippen LogP contribution in [0.5, 0.6) is 11.8 Å². The maximum atomic E-state index is 11.8. The third kappa shape index (κ3) is 12.0. The van der Waals surface area contributed by atoms with Crippen LogP contribution in [0.3, 0.4) is 0 Å². The van der Waals surface area contributed by atoms with Crippen molar-refractivity contribution in [2.75, 3.05) is 59.6 Å². The molecule has 0 aliphatic rings. The zero-order valence-electron chi connectivity index (χ0n) is 35.5. The summed E-state index contributed by atoms with van der Waals surface area (Å²) in [5.74, 6) is 0.194. The Bertz CT molecular complexity index is 3130. The van der Waals surface area contributed by atoms with E-state index < -0.39 is 42.4 Å². The molecule has 0 saturated heterocycles. The van der Waals surface area contributed by atoms with Gasteiger partial charge in [0.2, 0.25) is 0 Å². The van der Waals surface area contributed by atoms with Crippen LogP contribution in [-0.2, 0) is 0 Å². The Morgan fingerprint density at radius 2 is 0.913 bits per heavy atom. The Balaban J connectivity index is 0.000000199. The summed E-state index contributed by atoms with van der Waals surface area (Å²) in [7, 11) is 0. The second-order valence-electron chi connectivity index (χ2n) is 14.0. The van der Waals surface area contributed by atoms with Gasteiger partial charge in [0.15, 0.2) is 0 Å². The molecule has 0 fully saturated rings. The lowest BCUT2D eigenvalue weighted by Gasteiger charge is -2.12. The number of hydrogen-bond acceptors (Lipinski definition) is 20. The quantitative estimate of drug-likeness (QED) is 0.0266. The molecule has 356 valence electrons. The van der Waals surface area contributed by atoms with E-state index in [9.17, 15) is 40.5 Å². The molecule has 0 aliphatic carbocycles. The number of halogens is 1.